The first-order chi connectivity index (χ1) is 10.3. The lowest BCUT2D eigenvalue weighted by Crippen LogP contribution is -2.27. The summed E-state index contributed by atoms with van der Waals surface area (Å²) < 4.78 is 32.6. The molecule has 0 amide bonds. The highest BCUT2D eigenvalue weighted by Gasteiger charge is 2.21. The summed E-state index contributed by atoms with van der Waals surface area (Å²) in [7, 11) is -2.20. The van der Waals surface area contributed by atoms with Gasteiger partial charge in [0.1, 0.15) is 10.6 Å². The molecule has 0 radical (unpaired) electrons. The number of hydrogen-bond acceptors (Lipinski definition) is 3. The third-order valence-corrected chi connectivity index (χ3v) is 5.37. The molecule has 0 saturated carbocycles. The van der Waals surface area contributed by atoms with Crippen molar-refractivity contribution < 1.29 is 13.2 Å². The molecule has 0 aliphatic heterocycles. The van der Waals surface area contributed by atoms with Gasteiger partial charge in [-0.2, -0.15) is 0 Å². The van der Waals surface area contributed by atoms with Crippen LogP contribution in [0.15, 0.2) is 47.4 Å². The van der Waals surface area contributed by atoms with Gasteiger partial charge in [0.25, 0.3) is 0 Å². The molecule has 1 N–H and O–H groups in total. The summed E-state index contributed by atoms with van der Waals surface area (Å²) in [6.07, 6.45) is 0. The predicted octanol–water partition coefficient (Wildman–Crippen LogP) is 4.04. The van der Waals surface area contributed by atoms with Crippen LogP contribution in [0.1, 0.15) is 18.5 Å². The van der Waals surface area contributed by atoms with Crippen molar-refractivity contribution in [1.29, 1.82) is 0 Å². The summed E-state index contributed by atoms with van der Waals surface area (Å²) >= 11 is 11.8. The number of rotatable bonds is 5. The van der Waals surface area contributed by atoms with Crippen LogP contribution in [0.5, 0.6) is 5.75 Å². The van der Waals surface area contributed by atoms with Gasteiger partial charge in [-0.1, -0.05) is 35.3 Å². The molecular weight excluding hydrogens is 345 g/mol. The molecule has 2 aromatic carbocycles. The molecule has 0 fully saturated rings. The molecule has 2 rings (SSSR count). The van der Waals surface area contributed by atoms with E-state index in [4.69, 9.17) is 27.9 Å². The van der Waals surface area contributed by atoms with Crippen LogP contribution in [0.4, 0.5) is 0 Å². The predicted molar refractivity (Wildman–Crippen MR) is 88.2 cm³/mol. The average molecular weight is 360 g/mol. The third-order valence-electron chi connectivity index (χ3n) is 3.11. The van der Waals surface area contributed by atoms with Gasteiger partial charge in [0, 0.05) is 11.1 Å². The maximum atomic E-state index is 12.4. The van der Waals surface area contributed by atoms with E-state index in [1.54, 1.807) is 32.2 Å². The topological polar surface area (TPSA) is 55.4 Å². The molecule has 0 bridgehead atoms. The molecule has 0 aliphatic rings. The Labute approximate surface area is 140 Å². The van der Waals surface area contributed by atoms with Gasteiger partial charge in [-0.05, 0) is 42.8 Å². The van der Waals surface area contributed by atoms with Crippen molar-refractivity contribution in [3.63, 3.8) is 0 Å². The van der Waals surface area contributed by atoms with Crippen molar-refractivity contribution in [2.75, 3.05) is 7.11 Å². The Hall–Kier alpha value is -1.27. The van der Waals surface area contributed by atoms with Crippen molar-refractivity contribution in [1.82, 2.24) is 4.72 Å². The maximum Gasteiger partial charge on any atom is 0.242 e. The smallest absolute Gasteiger partial charge is 0.242 e. The van der Waals surface area contributed by atoms with Gasteiger partial charge in [0.05, 0.1) is 12.1 Å². The second kappa shape index (κ2) is 6.87. The van der Waals surface area contributed by atoms with Gasteiger partial charge in [-0.15, -0.1) is 0 Å². The quantitative estimate of drug-likeness (QED) is 0.876. The second-order valence-electron chi connectivity index (χ2n) is 4.69. The van der Waals surface area contributed by atoms with Crippen LogP contribution in [0.2, 0.25) is 10.0 Å². The molecule has 2 aromatic rings. The molecule has 0 aromatic heterocycles. The van der Waals surface area contributed by atoms with Crippen molar-refractivity contribution in [2.45, 2.75) is 17.9 Å². The van der Waals surface area contributed by atoms with Crippen molar-refractivity contribution >= 4 is 33.2 Å². The Bertz CT molecular complexity index is 778. The lowest BCUT2D eigenvalue weighted by Gasteiger charge is -2.16. The van der Waals surface area contributed by atoms with E-state index in [2.05, 4.69) is 4.72 Å². The lowest BCUT2D eigenvalue weighted by molar-refractivity contribution is 0.413. The number of methoxy groups -OCH3 is 1. The molecule has 0 saturated heterocycles. The summed E-state index contributed by atoms with van der Waals surface area (Å²) in [4.78, 5) is -0.00619. The Morgan fingerprint density at radius 3 is 2.50 bits per heavy atom. The zero-order valence-corrected chi connectivity index (χ0v) is 14.3. The second-order valence-corrected chi connectivity index (χ2v) is 7.22. The number of halogens is 2. The van der Waals surface area contributed by atoms with E-state index in [1.807, 2.05) is 6.07 Å². The largest absolute Gasteiger partial charge is 0.497 e. The average Bonchev–Trinajstić information content (AvgIpc) is 2.46. The molecule has 0 heterocycles. The fourth-order valence-electron chi connectivity index (χ4n) is 1.97. The molecule has 1 atom stereocenters. The summed E-state index contributed by atoms with van der Waals surface area (Å²) in [5.74, 6) is 0.660. The first kappa shape index (κ1) is 17.1. The van der Waals surface area contributed by atoms with Crippen molar-refractivity contribution in [2.24, 2.45) is 0 Å². The van der Waals surface area contributed by atoms with E-state index in [0.717, 1.165) is 5.56 Å². The molecule has 1 unspecified atom stereocenters. The van der Waals surface area contributed by atoms with Gasteiger partial charge in [-0.3, -0.25) is 0 Å². The summed E-state index contributed by atoms with van der Waals surface area (Å²) in [5.41, 5.74) is 0.785. The molecule has 0 aliphatic carbocycles. The molecule has 4 nitrogen and oxygen atoms in total. The standard InChI is InChI=1S/C15H15Cl2NO3S/c1-10(11-4-3-5-13(8-11)21-2)18-22(19,20)15-7-6-12(16)9-14(15)17/h3-10,18H,1-2H3. The normalized spacial score (nSPS) is 12.9. The minimum atomic E-state index is -3.76. The third kappa shape index (κ3) is 3.93. The van der Waals surface area contributed by atoms with E-state index >= 15 is 0 Å². The molecule has 22 heavy (non-hydrogen) atoms. The van der Waals surface area contributed by atoms with E-state index in [-0.39, 0.29) is 9.92 Å². The summed E-state index contributed by atoms with van der Waals surface area (Å²) in [6.45, 7) is 1.75. The zero-order chi connectivity index (χ0) is 16.3. The number of sulfonamides is 1. The molecular formula is C15H15Cl2NO3S. The van der Waals surface area contributed by atoms with Gasteiger partial charge in [-0.25, -0.2) is 13.1 Å². The Balaban J connectivity index is 2.27. The number of ether oxygens (including phenoxy) is 1. The van der Waals surface area contributed by atoms with Gasteiger partial charge >= 0.3 is 0 Å². The van der Waals surface area contributed by atoms with E-state index in [1.165, 1.54) is 18.2 Å². The van der Waals surface area contributed by atoms with E-state index in [0.29, 0.717) is 10.8 Å². The van der Waals surface area contributed by atoms with E-state index < -0.39 is 16.1 Å². The molecule has 118 valence electrons. The highest BCUT2D eigenvalue weighted by atomic mass is 35.5. The Morgan fingerprint density at radius 1 is 1.14 bits per heavy atom. The SMILES string of the molecule is COc1cccc(C(C)NS(=O)(=O)c2ccc(Cl)cc2Cl)c1. The minimum absolute atomic E-state index is 0.00619. The highest BCUT2D eigenvalue weighted by Crippen LogP contribution is 2.27. The Morgan fingerprint density at radius 2 is 1.86 bits per heavy atom. The van der Waals surface area contributed by atoms with Crippen LogP contribution >= 0.6 is 23.2 Å². The number of hydrogen-bond donors (Lipinski definition) is 1. The Kier molecular flexibility index (Phi) is 5.34. The van der Waals surface area contributed by atoms with E-state index in [9.17, 15) is 8.42 Å². The van der Waals surface area contributed by atoms with Gasteiger partial charge in [0.2, 0.25) is 10.0 Å². The van der Waals surface area contributed by atoms with Crippen LogP contribution in [0.25, 0.3) is 0 Å². The van der Waals surface area contributed by atoms with Crippen molar-refractivity contribution in [3.05, 3.63) is 58.1 Å². The fourth-order valence-corrected chi connectivity index (χ4v) is 3.97. The van der Waals surface area contributed by atoms with Crippen LogP contribution in [-0.2, 0) is 10.0 Å². The van der Waals surface area contributed by atoms with Gasteiger partial charge < -0.3 is 4.74 Å². The summed E-state index contributed by atoms with van der Waals surface area (Å²) in [6, 6.07) is 11.0. The monoisotopic (exact) mass is 359 g/mol. The fraction of sp³-hybridized carbons (Fsp3) is 0.200. The first-order valence-corrected chi connectivity index (χ1v) is 8.69. The van der Waals surface area contributed by atoms with Crippen LogP contribution in [0.3, 0.4) is 0 Å². The molecule has 0 spiro atoms. The zero-order valence-electron chi connectivity index (χ0n) is 12.0. The minimum Gasteiger partial charge on any atom is -0.497 e. The van der Waals surface area contributed by atoms with Crippen LogP contribution in [0, 0.1) is 0 Å². The highest BCUT2D eigenvalue weighted by molar-refractivity contribution is 7.89. The molecule has 7 heteroatoms. The van der Waals surface area contributed by atoms with Gasteiger partial charge in [0.15, 0.2) is 0 Å². The number of benzene rings is 2. The first-order valence-electron chi connectivity index (χ1n) is 6.45. The number of nitrogens with one attached hydrogen (secondary N) is 1. The van der Waals surface area contributed by atoms with Crippen LogP contribution < -0.4 is 9.46 Å². The van der Waals surface area contributed by atoms with Crippen LogP contribution in [-0.4, -0.2) is 15.5 Å². The summed E-state index contributed by atoms with van der Waals surface area (Å²) in [5, 5.41) is 0.461. The lowest BCUT2D eigenvalue weighted by atomic mass is 10.1. The van der Waals surface area contributed by atoms with Crippen molar-refractivity contribution in [3.8, 4) is 5.75 Å². The maximum absolute atomic E-state index is 12.4.